The van der Waals surface area contributed by atoms with Crippen LogP contribution in [0.2, 0.25) is 0 Å². The summed E-state index contributed by atoms with van der Waals surface area (Å²) >= 11 is 0. The molecule has 0 aliphatic carbocycles. The highest BCUT2D eigenvalue weighted by Gasteiger charge is 2.32. The Kier molecular flexibility index (Phi) is 6.30. The molecule has 2 fully saturated rings. The maximum Gasteiger partial charge on any atom is 0.254 e. The van der Waals surface area contributed by atoms with Gasteiger partial charge in [-0.05, 0) is 50.8 Å². The highest BCUT2D eigenvalue weighted by atomic mass is 35.5. The molecule has 2 atom stereocenters. The SMILES string of the molecule is Cc1cc(C(=O)N2CC[C@@H]3CNC[C@@H]3CC2)c2cnn(C)c2n1.Cl.Cl. The molecule has 6 nitrogen and oxygen atoms in total. The lowest BCUT2D eigenvalue weighted by Gasteiger charge is -2.21. The van der Waals surface area contributed by atoms with Gasteiger partial charge < -0.3 is 10.2 Å². The summed E-state index contributed by atoms with van der Waals surface area (Å²) in [6, 6.07) is 1.90. The van der Waals surface area contributed by atoms with E-state index in [2.05, 4.69) is 15.4 Å². The molecule has 2 aromatic heterocycles. The van der Waals surface area contributed by atoms with Gasteiger partial charge in [0.1, 0.15) is 0 Å². The number of aryl methyl sites for hydroxylation is 2. The molecule has 0 radical (unpaired) electrons. The van der Waals surface area contributed by atoms with Crippen LogP contribution in [0.4, 0.5) is 0 Å². The number of hydrogen-bond donors (Lipinski definition) is 1. The van der Waals surface area contributed by atoms with Crippen LogP contribution >= 0.6 is 24.8 Å². The van der Waals surface area contributed by atoms with Gasteiger partial charge in [0.25, 0.3) is 5.91 Å². The molecular formula is C17H25Cl2N5O. The summed E-state index contributed by atoms with van der Waals surface area (Å²) in [7, 11) is 1.86. The van der Waals surface area contributed by atoms with E-state index in [1.807, 2.05) is 24.9 Å². The molecule has 0 bridgehead atoms. The Hall–Kier alpha value is -1.37. The number of fused-ring (bicyclic) bond motifs is 2. The number of rotatable bonds is 1. The Balaban J connectivity index is 0.00000113. The Bertz CT molecular complexity index is 749. The van der Waals surface area contributed by atoms with Crippen molar-refractivity contribution in [2.45, 2.75) is 19.8 Å². The van der Waals surface area contributed by atoms with Gasteiger partial charge in [0, 0.05) is 25.8 Å². The van der Waals surface area contributed by atoms with E-state index in [0.29, 0.717) is 0 Å². The van der Waals surface area contributed by atoms with Crippen molar-refractivity contribution in [2.24, 2.45) is 18.9 Å². The van der Waals surface area contributed by atoms with Gasteiger partial charge >= 0.3 is 0 Å². The fourth-order valence-electron chi connectivity index (χ4n) is 4.01. The van der Waals surface area contributed by atoms with Crippen molar-refractivity contribution in [1.29, 1.82) is 0 Å². The zero-order valence-electron chi connectivity index (χ0n) is 14.6. The third kappa shape index (κ3) is 3.61. The van der Waals surface area contributed by atoms with Gasteiger partial charge in [-0.15, -0.1) is 24.8 Å². The molecule has 1 amide bonds. The van der Waals surface area contributed by atoms with Crippen molar-refractivity contribution in [3.8, 4) is 0 Å². The molecule has 2 saturated heterocycles. The summed E-state index contributed by atoms with van der Waals surface area (Å²) in [5.74, 6) is 1.58. The predicted molar refractivity (Wildman–Crippen MR) is 103 cm³/mol. The molecular weight excluding hydrogens is 361 g/mol. The fourth-order valence-corrected chi connectivity index (χ4v) is 4.01. The number of pyridine rings is 1. The predicted octanol–water partition coefficient (Wildman–Crippen LogP) is 2.19. The van der Waals surface area contributed by atoms with Gasteiger partial charge in [-0.25, -0.2) is 4.98 Å². The number of nitrogens with zero attached hydrogens (tertiary/aromatic N) is 4. The molecule has 2 aliphatic rings. The Morgan fingerprint density at radius 2 is 1.84 bits per heavy atom. The number of hydrogen-bond acceptors (Lipinski definition) is 4. The van der Waals surface area contributed by atoms with E-state index in [9.17, 15) is 4.79 Å². The maximum atomic E-state index is 13.1. The average molecular weight is 386 g/mol. The average Bonchev–Trinajstić information content (AvgIpc) is 3.08. The monoisotopic (exact) mass is 385 g/mol. The van der Waals surface area contributed by atoms with Crippen molar-refractivity contribution in [3.63, 3.8) is 0 Å². The van der Waals surface area contributed by atoms with Crippen LogP contribution in [0.15, 0.2) is 12.3 Å². The molecule has 2 aromatic rings. The quantitative estimate of drug-likeness (QED) is 0.816. The second kappa shape index (κ2) is 7.89. The largest absolute Gasteiger partial charge is 0.339 e. The Morgan fingerprint density at radius 3 is 2.48 bits per heavy atom. The molecule has 0 saturated carbocycles. The molecule has 138 valence electrons. The third-order valence-corrected chi connectivity index (χ3v) is 5.37. The van der Waals surface area contributed by atoms with Crippen molar-refractivity contribution < 1.29 is 4.79 Å². The Labute approximate surface area is 160 Å². The second-order valence-electron chi connectivity index (χ2n) is 6.86. The zero-order chi connectivity index (χ0) is 16.0. The number of likely N-dealkylation sites (tertiary alicyclic amines) is 1. The summed E-state index contributed by atoms with van der Waals surface area (Å²) in [5, 5.41) is 8.60. The van der Waals surface area contributed by atoms with Crippen molar-refractivity contribution in [2.75, 3.05) is 26.2 Å². The van der Waals surface area contributed by atoms with Crippen LogP contribution in [0.1, 0.15) is 28.9 Å². The first kappa shape index (κ1) is 19.9. The molecule has 0 aromatic carbocycles. The van der Waals surface area contributed by atoms with Crippen LogP contribution in [-0.2, 0) is 7.05 Å². The zero-order valence-corrected chi connectivity index (χ0v) is 16.2. The minimum absolute atomic E-state index is 0. The normalized spacial score (nSPS) is 22.7. The van der Waals surface area contributed by atoms with Gasteiger partial charge in [-0.1, -0.05) is 0 Å². The van der Waals surface area contributed by atoms with Gasteiger partial charge in [0.05, 0.1) is 17.1 Å². The van der Waals surface area contributed by atoms with Gasteiger partial charge in [-0.3, -0.25) is 9.48 Å². The van der Waals surface area contributed by atoms with Crippen molar-refractivity contribution in [3.05, 3.63) is 23.5 Å². The fraction of sp³-hybridized carbons (Fsp3) is 0.588. The van der Waals surface area contributed by atoms with Crippen molar-refractivity contribution in [1.82, 2.24) is 25.0 Å². The summed E-state index contributed by atoms with van der Waals surface area (Å²) in [4.78, 5) is 19.6. The Morgan fingerprint density at radius 1 is 1.20 bits per heavy atom. The molecule has 25 heavy (non-hydrogen) atoms. The molecule has 0 spiro atoms. The first-order valence-corrected chi connectivity index (χ1v) is 8.43. The van der Waals surface area contributed by atoms with Crippen LogP contribution in [0.3, 0.4) is 0 Å². The lowest BCUT2D eigenvalue weighted by atomic mass is 9.92. The number of nitrogens with one attached hydrogen (secondary N) is 1. The minimum atomic E-state index is 0. The molecule has 1 N–H and O–H groups in total. The van der Waals surface area contributed by atoms with Crippen LogP contribution in [0.25, 0.3) is 11.0 Å². The van der Waals surface area contributed by atoms with E-state index in [1.165, 1.54) is 0 Å². The highest BCUT2D eigenvalue weighted by Crippen LogP contribution is 2.28. The second-order valence-corrected chi connectivity index (χ2v) is 6.86. The van der Waals surface area contributed by atoms with E-state index >= 15 is 0 Å². The first-order chi connectivity index (χ1) is 11.1. The van der Waals surface area contributed by atoms with E-state index in [4.69, 9.17) is 0 Å². The molecule has 2 aliphatic heterocycles. The van der Waals surface area contributed by atoms with Crippen LogP contribution < -0.4 is 5.32 Å². The number of halogens is 2. The van der Waals surface area contributed by atoms with Gasteiger partial charge in [-0.2, -0.15) is 5.10 Å². The topological polar surface area (TPSA) is 63.1 Å². The lowest BCUT2D eigenvalue weighted by Crippen LogP contribution is -2.33. The standard InChI is InChI=1S/C17H23N5O.2ClH/c1-11-7-14(15-10-19-21(2)16(15)20-11)17(23)22-5-3-12-8-18-9-13(12)4-6-22;;/h7,10,12-13,18H,3-6,8-9H2,1-2H3;2*1H/t12-,13+;;. The van der Waals surface area contributed by atoms with Crippen LogP contribution in [0.5, 0.6) is 0 Å². The van der Waals surface area contributed by atoms with Gasteiger partial charge in [0.15, 0.2) is 5.65 Å². The maximum absolute atomic E-state index is 13.1. The van der Waals surface area contributed by atoms with E-state index in [1.54, 1.807) is 10.9 Å². The van der Waals surface area contributed by atoms with E-state index in [-0.39, 0.29) is 30.7 Å². The summed E-state index contributed by atoms with van der Waals surface area (Å²) in [5.41, 5.74) is 2.38. The third-order valence-electron chi connectivity index (χ3n) is 5.37. The van der Waals surface area contributed by atoms with Crippen LogP contribution in [-0.4, -0.2) is 51.8 Å². The summed E-state index contributed by atoms with van der Waals surface area (Å²) in [6.07, 6.45) is 3.96. The van der Waals surface area contributed by atoms with Crippen molar-refractivity contribution >= 4 is 41.8 Å². The smallest absolute Gasteiger partial charge is 0.254 e. The molecule has 4 heterocycles. The molecule has 8 heteroatoms. The van der Waals surface area contributed by atoms with E-state index in [0.717, 1.165) is 73.1 Å². The highest BCUT2D eigenvalue weighted by molar-refractivity contribution is 6.05. The minimum Gasteiger partial charge on any atom is -0.339 e. The molecule has 4 rings (SSSR count). The van der Waals surface area contributed by atoms with E-state index < -0.39 is 0 Å². The lowest BCUT2D eigenvalue weighted by molar-refractivity contribution is 0.0760. The number of aromatic nitrogens is 3. The summed E-state index contributed by atoms with van der Waals surface area (Å²) < 4.78 is 1.73. The van der Waals surface area contributed by atoms with Crippen LogP contribution in [0, 0.1) is 18.8 Å². The summed E-state index contributed by atoms with van der Waals surface area (Å²) in [6.45, 7) is 5.85. The number of carbonyl (C=O) groups is 1. The van der Waals surface area contributed by atoms with Gasteiger partial charge in [0.2, 0.25) is 0 Å². The number of carbonyl (C=O) groups excluding carboxylic acids is 1. The molecule has 0 unspecified atom stereocenters. The first-order valence-electron chi connectivity index (χ1n) is 8.43. The number of amides is 1.